The standard InChI is InChI=1S/C20H23NO3.ClH/c1-3-7-21-8-6-13-9-14(24-2)11-15-18(13)16(21)10-12-4-5-17(22)20(23)19(12)15;/h4-5,9,11,16,22-23H,3,6-8,10H2,1-2H3;1H/t16-;/m1./s1. The first-order valence-corrected chi connectivity index (χ1v) is 8.63. The van der Waals surface area contributed by atoms with Gasteiger partial charge in [-0.05, 0) is 66.3 Å². The van der Waals surface area contributed by atoms with Crippen LogP contribution in [0.3, 0.4) is 0 Å². The molecule has 134 valence electrons. The Bertz CT molecular complexity index is 806. The van der Waals surface area contributed by atoms with E-state index in [9.17, 15) is 10.2 Å². The quantitative estimate of drug-likeness (QED) is 0.809. The second-order valence-corrected chi connectivity index (χ2v) is 6.72. The van der Waals surface area contributed by atoms with Crippen LogP contribution in [0, 0.1) is 0 Å². The average molecular weight is 362 g/mol. The van der Waals surface area contributed by atoms with E-state index >= 15 is 0 Å². The first kappa shape index (κ1) is 17.9. The number of rotatable bonds is 3. The van der Waals surface area contributed by atoms with Gasteiger partial charge in [0.25, 0.3) is 0 Å². The van der Waals surface area contributed by atoms with Crippen LogP contribution in [-0.2, 0) is 12.8 Å². The fourth-order valence-electron chi connectivity index (χ4n) is 4.30. The Balaban J connectivity index is 0.00000182. The van der Waals surface area contributed by atoms with Gasteiger partial charge >= 0.3 is 0 Å². The number of benzene rings is 2. The molecule has 1 aliphatic carbocycles. The van der Waals surface area contributed by atoms with E-state index in [1.807, 2.05) is 12.1 Å². The maximum atomic E-state index is 10.5. The van der Waals surface area contributed by atoms with Gasteiger partial charge in [-0.15, -0.1) is 12.4 Å². The van der Waals surface area contributed by atoms with Gasteiger partial charge in [0.2, 0.25) is 0 Å². The van der Waals surface area contributed by atoms with E-state index in [-0.39, 0.29) is 23.9 Å². The molecule has 1 heterocycles. The Labute approximate surface area is 154 Å². The van der Waals surface area contributed by atoms with Crippen LogP contribution in [0.25, 0.3) is 11.1 Å². The van der Waals surface area contributed by atoms with Crippen LogP contribution in [0.1, 0.15) is 36.1 Å². The van der Waals surface area contributed by atoms with Gasteiger partial charge in [-0.1, -0.05) is 13.0 Å². The number of hydrogen-bond donors (Lipinski definition) is 2. The average Bonchev–Trinajstić information content (AvgIpc) is 2.60. The lowest BCUT2D eigenvalue weighted by molar-refractivity contribution is 0.182. The molecule has 4 rings (SSSR count). The van der Waals surface area contributed by atoms with Crippen molar-refractivity contribution in [3.05, 3.63) is 41.0 Å². The number of ether oxygens (including phenoxy) is 1. The predicted molar refractivity (Wildman–Crippen MR) is 101 cm³/mol. The Morgan fingerprint density at radius 1 is 1.20 bits per heavy atom. The van der Waals surface area contributed by atoms with Crippen molar-refractivity contribution in [3.63, 3.8) is 0 Å². The summed E-state index contributed by atoms with van der Waals surface area (Å²) in [5.74, 6) is 0.723. The Morgan fingerprint density at radius 2 is 2.00 bits per heavy atom. The molecule has 0 amide bonds. The topological polar surface area (TPSA) is 52.9 Å². The highest BCUT2D eigenvalue weighted by Crippen LogP contribution is 2.51. The first-order valence-electron chi connectivity index (χ1n) is 8.63. The number of methoxy groups -OCH3 is 1. The summed E-state index contributed by atoms with van der Waals surface area (Å²) >= 11 is 0. The molecule has 0 unspecified atom stereocenters. The van der Waals surface area contributed by atoms with Gasteiger partial charge < -0.3 is 14.9 Å². The fraction of sp³-hybridized carbons (Fsp3) is 0.400. The molecule has 0 bridgehead atoms. The molecule has 25 heavy (non-hydrogen) atoms. The fourth-order valence-corrected chi connectivity index (χ4v) is 4.30. The summed E-state index contributed by atoms with van der Waals surface area (Å²) in [6.07, 6.45) is 2.99. The zero-order valence-corrected chi connectivity index (χ0v) is 15.4. The molecule has 1 aliphatic heterocycles. The Kier molecular flexibility index (Phi) is 4.85. The molecule has 5 heteroatoms. The number of nitrogens with zero attached hydrogens (tertiary/aromatic N) is 1. The van der Waals surface area contributed by atoms with Crippen LogP contribution in [0.4, 0.5) is 0 Å². The number of fused-ring (bicyclic) bond motifs is 2. The van der Waals surface area contributed by atoms with Crippen molar-refractivity contribution >= 4 is 12.4 Å². The number of hydrogen-bond acceptors (Lipinski definition) is 4. The molecule has 2 N–H and O–H groups in total. The van der Waals surface area contributed by atoms with Crippen molar-refractivity contribution < 1.29 is 14.9 Å². The molecule has 2 aromatic rings. The molecule has 2 aromatic carbocycles. The zero-order chi connectivity index (χ0) is 16.8. The van der Waals surface area contributed by atoms with Crippen molar-refractivity contribution in [3.8, 4) is 28.4 Å². The zero-order valence-electron chi connectivity index (χ0n) is 14.6. The molecular weight excluding hydrogens is 338 g/mol. The number of aromatic hydroxyl groups is 2. The lowest BCUT2D eigenvalue weighted by Crippen LogP contribution is -2.38. The smallest absolute Gasteiger partial charge is 0.165 e. The molecule has 0 radical (unpaired) electrons. The third-order valence-electron chi connectivity index (χ3n) is 5.35. The molecule has 0 fully saturated rings. The molecule has 4 nitrogen and oxygen atoms in total. The van der Waals surface area contributed by atoms with E-state index < -0.39 is 0 Å². The van der Waals surface area contributed by atoms with Crippen molar-refractivity contribution in [1.29, 1.82) is 0 Å². The molecule has 0 saturated carbocycles. The molecule has 0 aromatic heterocycles. The Hall–Kier alpha value is -1.91. The predicted octanol–water partition coefficient (Wildman–Crippen LogP) is 4.06. The monoisotopic (exact) mass is 361 g/mol. The number of halogens is 1. The van der Waals surface area contributed by atoms with Crippen LogP contribution in [0.2, 0.25) is 0 Å². The number of phenols is 2. The van der Waals surface area contributed by atoms with E-state index in [0.29, 0.717) is 6.04 Å². The third kappa shape index (κ3) is 2.74. The normalized spacial score (nSPS) is 18.1. The largest absolute Gasteiger partial charge is 0.504 e. The maximum absolute atomic E-state index is 10.5. The van der Waals surface area contributed by atoms with E-state index in [1.54, 1.807) is 13.2 Å². The summed E-state index contributed by atoms with van der Waals surface area (Å²) in [5, 5.41) is 20.5. The van der Waals surface area contributed by atoms with Crippen molar-refractivity contribution in [2.75, 3.05) is 20.2 Å². The SMILES string of the molecule is CCCN1CCc2cc(OC)cc3c2[C@H]1Cc1ccc(O)c(O)c1-3.Cl. The van der Waals surface area contributed by atoms with Crippen LogP contribution in [0.15, 0.2) is 24.3 Å². The van der Waals surface area contributed by atoms with Crippen LogP contribution in [-0.4, -0.2) is 35.3 Å². The minimum Gasteiger partial charge on any atom is -0.504 e. The molecular formula is C20H24ClNO3. The lowest BCUT2D eigenvalue weighted by Gasteiger charge is -2.42. The molecule has 1 atom stereocenters. The number of phenolic OH excluding ortho intramolecular Hbond substituents is 2. The van der Waals surface area contributed by atoms with Gasteiger partial charge in [0.1, 0.15) is 5.75 Å². The van der Waals surface area contributed by atoms with E-state index in [2.05, 4.69) is 17.9 Å². The van der Waals surface area contributed by atoms with Gasteiger partial charge in [0.05, 0.1) is 7.11 Å². The second-order valence-electron chi connectivity index (χ2n) is 6.72. The summed E-state index contributed by atoms with van der Waals surface area (Å²) in [6.45, 7) is 4.34. The maximum Gasteiger partial charge on any atom is 0.165 e. The van der Waals surface area contributed by atoms with Crippen molar-refractivity contribution in [2.24, 2.45) is 0 Å². The summed E-state index contributed by atoms with van der Waals surface area (Å²) in [7, 11) is 1.67. The highest BCUT2D eigenvalue weighted by molar-refractivity contribution is 5.85. The minimum atomic E-state index is -0.0648. The van der Waals surface area contributed by atoms with Crippen LogP contribution < -0.4 is 4.74 Å². The third-order valence-corrected chi connectivity index (χ3v) is 5.35. The van der Waals surface area contributed by atoms with Gasteiger partial charge in [-0.25, -0.2) is 0 Å². The highest BCUT2D eigenvalue weighted by Gasteiger charge is 2.36. The molecule has 0 spiro atoms. The van der Waals surface area contributed by atoms with E-state index in [4.69, 9.17) is 4.74 Å². The van der Waals surface area contributed by atoms with Gasteiger partial charge in [0.15, 0.2) is 11.5 Å². The lowest BCUT2D eigenvalue weighted by atomic mass is 9.76. The summed E-state index contributed by atoms with van der Waals surface area (Å²) < 4.78 is 5.48. The minimum absolute atomic E-state index is 0. The van der Waals surface area contributed by atoms with Gasteiger partial charge in [-0.2, -0.15) is 0 Å². The van der Waals surface area contributed by atoms with Crippen LogP contribution >= 0.6 is 12.4 Å². The van der Waals surface area contributed by atoms with E-state index in [0.717, 1.165) is 54.8 Å². The van der Waals surface area contributed by atoms with E-state index in [1.165, 1.54) is 11.1 Å². The summed E-state index contributed by atoms with van der Waals surface area (Å²) in [6, 6.07) is 7.99. The first-order chi connectivity index (χ1) is 11.6. The van der Waals surface area contributed by atoms with Crippen molar-refractivity contribution in [1.82, 2.24) is 4.90 Å². The Morgan fingerprint density at radius 3 is 2.72 bits per heavy atom. The van der Waals surface area contributed by atoms with Crippen LogP contribution in [0.5, 0.6) is 17.2 Å². The van der Waals surface area contributed by atoms with Gasteiger partial charge in [-0.3, -0.25) is 4.90 Å². The summed E-state index contributed by atoms with van der Waals surface area (Å²) in [5.41, 5.74) is 5.45. The highest BCUT2D eigenvalue weighted by atomic mass is 35.5. The second kappa shape index (κ2) is 6.77. The van der Waals surface area contributed by atoms with Gasteiger partial charge in [0, 0.05) is 18.2 Å². The summed E-state index contributed by atoms with van der Waals surface area (Å²) in [4.78, 5) is 2.55. The van der Waals surface area contributed by atoms with Crippen molar-refractivity contribution in [2.45, 2.75) is 32.2 Å². The molecule has 0 saturated heterocycles. The molecule has 2 aliphatic rings.